The number of carbonyl (C=O) groups is 3. The molecule has 0 unspecified atom stereocenters. The number of carbonyl (C=O) groups excluding carboxylic acids is 3. The Balaban J connectivity index is 1.40. The molecule has 42 heavy (non-hydrogen) atoms. The topological polar surface area (TPSA) is 119 Å². The minimum absolute atomic E-state index is 0.161. The molecule has 0 atom stereocenters. The number of hydrogen-bond donors (Lipinski definition) is 2. The summed E-state index contributed by atoms with van der Waals surface area (Å²) in [6, 6.07) is 14.4. The number of nitrogens with one attached hydrogen (secondary N) is 2. The monoisotopic (exact) mass is 620 g/mol. The third-order valence-corrected chi connectivity index (χ3v) is 8.86. The number of esters is 1. The number of aromatic nitrogens is 2. The van der Waals surface area contributed by atoms with Crippen LogP contribution in [-0.4, -0.2) is 33.9 Å². The summed E-state index contributed by atoms with van der Waals surface area (Å²) < 4.78 is 6.43. The number of ether oxygens (including phenoxy) is 1. The van der Waals surface area contributed by atoms with Gasteiger partial charge in [-0.25, -0.2) is 9.78 Å². The standard InChI is InChI=1S/C30H25ClN4O5S2/c1-4-40-30(39)24-20(18-9-11-19(31)12-10-18)14-41-28(24)34-22(36)13-35-15-32-27-23(29(35)38)17(3)25(42-27)26(37)33-21-8-6-5-7-16(21)2/h5-12,14-15H,4,13H2,1-3H3,(H,33,37)(H,34,36). The van der Waals surface area contributed by atoms with E-state index in [1.54, 1.807) is 49.6 Å². The molecule has 3 heterocycles. The second kappa shape index (κ2) is 12.3. The number of anilines is 2. The highest BCUT2D eigenvalue weighted by Gasteiger charge is 2.24. The minimum atomic E-state index is -0.579. The van der Waals surface area contributed by atoms with E-state index in [0.717, 1.165) is 22.5 Å². The molecule has 0 bridgehead atoms. The van der Waals surface area contributed by atoms with Crippen LogP contribution in [0.5, 0.6) is 0 Å². The normalized spacial score (nSPS) is 11.0. The summed E-state index contributed by atoms with van der Waals surface area (Å²) in [5.74, 6) is -1.45. The summed E-state index contributed by atoms with van der Waals surface area (Å²) in [5.41, 5.74) is 3.18. The molecule has 0 saturated heterocycles. The predicted octanol–water partition coefficient (Wildman–Crippen LogP) is 6.52. The van der Waals surface area contributed by atoms with E-state index in [0.29, 0.717) is 36.5 Å². The quantitative estimate of drug-likeness (QED) is 0.191. The van der Waals surface area contributed by atoms with Crippen molar-refractivity contribution in [1.82, 2.24) is 9.55 Å². The molecule has 0 aliphatic carbocycles. The molecule has 0 aliphatic heterocycles. The molecule has 2 aromatic carbocycles. The molecule has 0 spiro atoms. The van der Waals surface area contributed by atoms with E-state index in [-0.39, 0.29) is 30.0 Å². The van der Waals surface area contributed by atoms with E-state index in [1.165, 1.54) is 22.2 Å². The zero-order valence-electron chi connectivity index (χ0n) is 22.8. The van der Waals surface area contributed by atoms with Crippen molar-refractivity contribution in [1.29, 1.82) is 0 Å². The SMILES string of the molecule is CCOC(=O)c1c(-c2ccc(Cl)cc2)csc1NC(=O)Cn1cnc2sc(C(=O)Nc3ccccc3C)c(C)c2c1=O. The van der Waals surface area contributed by atoms with Crippen LogP contribution in [0.1, 0.15) is 38.1 Å². The summed E-state index contributed by atoms with van der Waals surface area (Å²) >= 11 is 8.31. The van der Waals surface area contributed by atoms with Crippen LogP contribution in [0.4, 0.5) is 10.7 Å². The summed E-state index contributed by atoms with van der Waals surface area (Å²) in [6.45, 7) is 5.09. The highest BCUT2D eigenvalue weighted by molar-refractivity contribution is 7.20. The fourth-order valence-electron chi connectivity index (χ4n) is 4.40. The van der Waals surface area contributed by atoms with Crippen LogP contribution >= 0.6 is 34.3 Å². The summed E-state index contributed by atoms with van der Waals surface area (Å²) in [7, 11) is 0. The lowest BCUT2D eigenvalue weighted by atomic mass is 10.0. The van der Waals surface area contributed by atoms with Crippen molar-refractivity contribution in [2.75, 3.05) is 17.2 Å². The first-order valence-corrected chi connectivity index (χ1v) is 14.9. The van der Waals surface area contributed by atoms with Crippen molar-refractivity contribution in [3.63, 3.8) is 0 Å². The Hall–Kier alpha value is -4.32. The Bertz CT molecular complexity index is 1890. The molecular formula is C30H25ClN4O5S2. The Kier molecular flexibility index (Phi) is 8.53. The van der Waals surface area contributed by atoms with E-state index < -0.39 is 17.4 Å². The zero-order chi connectivity index (χ0) is 30.0. The van der Waals surface area contributed by atoms with Gasteiger partial charge in [0.2, 0.25) is 5.91 Å². The summed E-state index contributed by atoms with van der Waals surface area (Å²) in [6.07, 6.45) is 1.28. The van der Waals surface area contributed by atoms with Crippen molar-refractivity contribution in [2.24, 2.45) is 0 Å². The zero-order valence-corrected chi connectivity index (χ0v) is 25.2. The molecule has 214 valence electrons. The number of amides is 2. The van der Waals surface area contributed by atoms with Crippen LogP contribution in [0.3, 0.4) is 0 Å². The van der Waals surface area contributed by atoms with Crippen LogP contribution < -0.4 is 16.2 Å². The number of nitrogens with zero attached hydrogens (tertiary/aromatic N) is 2. The summed E-state index contributed by atoms with van der Waals surface area (Å²) in [5, 5.41) is 8.52. The second-order valence-electron chi connectivity index (χ2n) is 9.31. The minimum Gasteiger partial charge on any atom is -0.462 e. The Morgan fingerprint density at radius 2 is 1.79 bits per heavy atom. The molecule has 0 radical (unpaired) electrons. The first-order valence-electron chi connectivity index (χ1n) is 12.9. The lowest BCUT2D eigenvalue weighted by Gasteiger charge is -2.10. The largest absolute Gasteiger partial charge is 0.462 e. The van der Waals surface area contributed by atoms with Gasteiger partial charge in [-0.15, -0.1) is 22.7 Å². The second-order valence-corrected chi connectivity index (χ2v) is 11.6. The Morgan fingerprint density at radius 3 is 2.50 bits per heavy atom. The Labute approximate surface area is 253 Å². The van der Waals surface area contributed by atoms with Gasteiger partial charge in [0.25, 0.3) is 11.5 Å². The molecule has 12 heteroatoms. The Morgan fingerprint density at radius 1 is 1.05 bits per heavy atom. The van der Waals surface area contributed by atoms with Crippen LogP contribution in [-0.2, 0) is 16.1 Å². The number of rotatable bonds is 8. The number of benzene rings is 2. The smallest absolute Gasteiger partial charge is 0.341 e. The van der Waals surface area contributed by atoms with Gasteiger partial charge in [0.05, 0.1) is 23.2 Å². The number of aryl methyl sites for hydroxylation is 2. The van der Waals surface area contributed by atoms with Gasteiger partial charge >= 0.3 is 5.97 Å². The average molecular weight is 621 g/mol. The van der Waals surface area contributed by atoms with Gasteiger partial charge in [-0.3, -0.25) is 19.0 Å². The molecular weight excluding hydrogens is 596 g/mol. The van der Waals surface area contributed by atoms with E-state index in [1.807, 2.05) is 25.1 Å². The van der Waals surface area contributed by atoms with Crippen LogP contribution in [0.2, 0.25) is 5.02 Å². The van der Waals surface area contributed by atoms with Gasteiger partial charge in [0.1, 0.15) is 21.9 Å². The van der Waals surface area contributed by atoms with Crippen molar-refractivity contribution >= 4 is 73.0 Å². The van der Waals surface area contributed by atoms with Gasteiger partial charge < -0.3 is 15.4 Å². The maximum atomic E-state index is 13.4. The molecule has 0 saturated carbocycles. The fraction of sp³-hybridized carbons (Fsp3) is 0.167. The van der Waals surface area contributed by atoms with E-state index >= 15 is 0 Å². The number of fused-ring (bicyclic) bond motifs is 1. The fourth-order valence-corrected chi connectivity index (χ4v) is 6.53. The van der Waals surface area contributed by atoms with Crippen molar-refractivity contribution in [3.05, 3.63) is 97.2 Å². The van der Waals surface area contributed by atoms with E-state index in [2.05, 4.69) is 15.6 Å². The number of thiophene rings is 2. The lowest BCUT2D eigenvalue weighted by Crippen LogP contribution is -2.28. The van der Waals surface area contributed by atoms with Crippen molar-refractivity contribution < 1.29 is 19.1 Å². The van der Waals surface area contributed by atoms with E-state index in [4.69, 9.17) is 16.3 Å². The first-order chi connectivity index (χ1) is 20.2. The molecule has 0 fully saturated rings. The molecule has 5 rings (SSSR count). The van der Waals surface area contributed by atoms with E-state index in [9.17, 15) is 19.2 Å². The third-order valence-electron chi connectivity index (χ3n) is 6.51. The maximum absolute atomic E-state index is 13.4. The summed E-state index contributed by atoms with van der Waals surface area (Å²) in [4.78, 5) is 57.5. The van der Waals surface area contributed by atoms with Gasteiger partial charge in [0, 0.05) is 21.7 Å². The van der Waals surface area contributed by atoms with Crippen LogP contribution in [0.15, 0.2) is 65.0 Å². The lowest BCUT2D eigenvalue weighted by molar-refractivity contribution is -0.116. The first kappa shape index (κ1) is 29.2. The molecule has 2 N–H and O–H groups in total. The number of para-hydroxylation sites is 1. The highest BCUT2D eigenvalue weighted by Crippen LogP contribution is 2.37. The molecule has 2 amide bonds. The van der Waals surface area contributed by atoms with Crippen LogP contribution in [0, 0.1) is 13.8 Å². The molecule has 9 nitrogen and oxygen atoms in total. The maximum Gasteiger partial charge on any atom is 0.341 e. The van der Waals surface area contributed by atoms with Crippen LogP contribution in [0.25, 0.3) is 21.3 Å². The average Bonchev–Trinajstić information content (AvgIpc) is 3.53. The van der Waals surface area contributed by atoms with Crippen molar-refractivity contribution in [2.45, 2.75) is 27.3 Å². The highest BCUT2D eigenvalue weighted by atomic mass is 35.5. The van der Waals surface area contributed by atoms with Gasteiger partial charge in [-0.2, -0.15) is 0 Å². The van der Waals surface area contributed by atoms with Gasteiger partial charge in [-0.1, -0.05) is 41.9 Å². The number of halogens is 1. The number of hydrogen-bond acceptors (Lipinski definition) is 8. The molecule has 0 aliphatic rings. The van der Waals surface area contributed by atoms with Gasteiger partial charge in [-0.05, 0) is 55.7 Å². The van der Waals surface area contributed by atoms with Crippen molar-refractivity contribution in [3.8, 4) is 11.1 Å². The third kappa shape index (κ3) is 5.85. The van der Waals surface area contributed by atoms with Gasteiger partial charge in [0.15, 0.2) is 0 Å². The molecule has 5 aromatic rings. The predicted molar refractivity (Wildman–Crippen MR) is 167 cm³/mol. The molecule has 3 aromatic heterocycles.